The third-order valence-corrected chi connectivity index (χ3v) is 5.66. The van der Waals surface area contributed by atoms with Crippen molar-refractivity contribution in [2.24, 2.45) is 5.41 Å². The van der Waals surface area contributed by atoms with E-state index in [0.29, 0.717) is 29.3 Å². The molecular weight excluding hydrogens is 365 g/mol. The van der Waals surface area contributed by atoms with E-state index < -0.39 is 29.1 Å². The van der Waals surface area contributed by atoms with Gasteiger partial charge in [-0.1, -0.05) is 23.2 Å². The van der Waals surface area contributed by atoms with Crippen LogP contribution in [0.3, 0.4) is 0 Å². The molecule has 0 aromatic heterocycles. The van der Waals surface area contributed by atoms with Crippen molar-refractivity contribution in [2.45, 2.75) is 57.1 Å². The van der Waals surface area contributed by atoms with Crippen LogP contribution in [0.1, 0.15) is 45.6 Å². The van der Waals surface area contributed by atoms with Crippen LogP contribution < -0.4 is 5.32 Å². The maximum Gasteiger partial charge on any atom is 0.408 e. The Kier molecular flexibility index (Phi) is 4.24. The lowest BCUT2D eigenvalue weighted by atomic mass is 9.31. The molecule has 0 heterocycles. The molecular formula is C18H21Cl2NO4. The van der Waals surface area contributed by atoms with E-state index in [1.165, 1.54) is 0 Å². The first-order chi connectivity index (χ1) is 11.5. The number of carboxylic acid groups (broad SMARTS) is 1. The molecule has 3 saturated carbocycles. The summed E-state index contributed by atoms with van der Waals surface area (Å²) in [5.41, 5.74) is -0.299. The lowest BCUT2D eigenvalue weighted by molar-refractivity contribution is -0.183. The number of hydrogen-bond acceptors (Lipinski definition) is 3. The highest BCUT2D eigenvalue weighted by atomic mass is 35.5. The summed E-state index contributed by atoms with van der Waals surface area (Å²) in [6.07, 6.45) is 1.27. The average molecular weight is 386 g/mol. The van der Waals surface area contributed by atoms with Gasteiger partial charge in [-0.2, -0.15) is 0 Å². The predicted octanol–water partition coefficient (Wildman–Crippen LogP) is 4.39. The number of benzene rings is 1. The number of aliphatic carboxylic acids is 1. The number of alkyl carbamates (subject to hydrolysis) is 1. The Hall–Kier alpha value is -1.46. The predicted molar refractivity (Wildman–Crippen MR) is 95.2 cm³/mol. The Morgan fingerprint density at radius 2 is 1.84 bits per heavy atom. The van der Waals surface area contributed by atoms with Gasteiger partial charge in [0.25, 0.3) is 0 Å². The Morgan fingerprint density at radius 1 is 1.24 bits per heavy atom. The normalized spacial score (nSPS) is 28.4. The Labute approximate surface area is 156 Å². The molecule has 136 valence electrons. The first-order valence-electron chi connectivity index (χ1n) is 8.14. The zero-order chi connectivity index (χ0) is 18.6. The van der Waals surface area contributed by atoms with Crippen LogP contribution in [0.4, 0.5) is 4.79 Å². The van der Waals surface area contributed by atoms with E-state index in [0.717, 1.165) is 5.56 Å². The van der Waals surface area contributed by atoms with Gasteiger partial charge in [-0.25, -0.2) is 9.59 Å². The van der Waals surface area contributed by atoms with E-state index in [1.54, 1.807) is 32.9 Å². The SMILES string of the molecule is CC(C)(C)OC(=O)NC(C(=O)O)C12CC(c3cc(Cl)ccc3Cl)(C1)C2. The smallest absolute Gasteiger partial charge is 0.408 e. The lowest BCUT2D eigenvalue weighted by Gasteiger charge is -2.72. The topological polar surface area (TPSA) is 75.6 Å². The van der Waals surface area contributed by atoms with Crippen molar-refractivity contribution < 1.29 is 19.4 Å². The fraction of sp³-hybridized carbons (Fsp3) is 0.556. The van der Waals surface area contributed by atoms with Gasteiger partial charge in [0.2, 0.25) is 0 Å². The molecule has 4 rings (SSSR count). The van der Waals surface area contributed by atoms with Gasteiger partial charge in [0, 0.05) is 15.5 Å². The summed E-state index contributed by atoms with van der Waals surface area (Å²) >= 11 is 12.4. The van der Waals surface area contributed by atoms with Crippen molar-refractivity contribution >= 4 is 35.3 Å². The molecule has 1 amide bonds. The second-order valence-electron chi connectivity index (χ2n) is 8.21. The third kappa shape index (κ3) is 3.20. The van der Waals surface area contributed by atoms with E-state index in [2.05, 4.69) is 5.32 Å². The quantitative estimate of drug-likeness (QED) is 0.805. The van der Waals surface area contributed by atoms with Crippen molar-refractivity contribution in [3.63, 3.8) is 0 Å². The molecule has 1 aromatic carbocycles. The maximum absolute atomic E-state index is 12.0. The van der Waals surface area contributed by atoms with Crippen LogP contribution >= 0.6 is 23.2 Å². The summed E-state index contributed by atoms with van der Waals surface area (Å²) < 4.78 is 5.19. The molecule has 0 aliphatic heterocycles. The monoisotopic (exact) mass is 385 g/mol. The highest BCUT2D eigenvalue weighted by Crippen LogP contribution is 2.75. The number of ether oxygens (including phenoxy) is 1. The zero-order valence-electron chi connectivity index (χ0n) is 14.4. The summed E-state index contributed by atoms with van der Waals surface area (Å²) in [5.74, 6) is -1.05. The maximum atomic E-state index is 12.0. The molecule has 0 saturated heterocycles. The summed E-state index contributed by atoms with van der Waals surface area (Å²) in [4.78, 5) is 23.7. The molecule has 3 fully saturated rings. The van der Waals surface area contributed by atoms with E-state index in [1.807, 2.05) is 6.07 Å². The molecule has 5 nitrogen and oxygen atoms in total. The van der Waals surface area contributed by atoms with E-state index >= 15 is 0 Å². The fourth-order valence-corrected chi connectivity index (χ4v) is 4.75. The van der Waals surface area contributed by atoms with Crippen molar-refractivity contribution in [1.29, 1.82) is 0 Å². The minimum atomic E-state index is -1.05. The Morgan fingerprint density at radius 3 is 2.36 bits per heavy atom. The number of rotatable bonds is 4. The molecule has 7 heteroatoms. The van der Waals surface area contributed by atoms with Crippen LogP contribution in [0.5, 0.6) is 0 Å². The molecule has 1 atom stereocenters. The fourth-order valence-electron chi connectivity index (χ4n) is 4.26. The van der Waals surface area contributed by atoms with E-state index in [9.17, 15) is 14.7 Å². The molecule has 1 aromatic rings. The summed E-state index contributed by atoms with van der Waals surface area (Å²) in [7, 11) is 0. The van der Waals surface area contributed by atoms with Crippen molar-refractivity contribution in [2.75, 3.05) is 0 Å². The second-order valence-corrected chi connectivity index (χ2v) is 9.06. The van der Waals surface area contributed by atoms with Crippen LogP contribution in [-0.4, -0.2) is 28.8 Å². The van der Waals surface area contributed by atoms with Crippen molar-refractivity contribution in [1.82, 2.24) is 5.32 Å². The number of hydrogen-bond donors (Lipinski definition) is 2. The summed E-state index contributed by atoms with van der Waals surface area (Å²) in [5, 5.41) is 13.4. The number of halogens is 2. The molecule has 2 bridgehead atoms. The molecule has 1 unspecified atom stereocenters. The minimum absolute atomic E-state index is 0.134. The van der Waals surface area contributed by atoms with Gasteiger partial charge >= 0.3 is 12.1 Å². The largest absolute Gasteiger partial charge is 0.480 e. The molecule has 2 N–H and O–H groups in total. The van der Waals surface area contributed by atoms with Gasteiger partial charge in [0.15, 0.2) is 0 Å². The number of amides is 1. The first-order valence-corrected chi connectivity index (χ1v) is 8.90. The van der Waals surface area contributed by atoms with Gasteiger partial charge in [-0.3, -0.25) is 0 Å². The lowest BCUT2D eigenvalue weighted by Crippen LogP contribution is -2.73. The molecule has 0 radical (unpaired) electrons. The molecule has 25 heavy (non-hydrogen) atoms. The Bertz CT molecular complexity index is 721. The van der Waals surface area contributed by atoms with Crippen LogP contribution in [0, 0.1) is 5.41 Å². The summed E-state index contributed by atoms with van der Waals surface area (Å²) in [6.45, 7) is 5.21. The number of nitrogens with one attached hydrogen (secondary N) is 1. The third-order valence-electron chi connectivity index (χ3n) is 5.09. The van der Waals surface area contributed by atoms with Crippen LogP contribution in [-0.2, 0) is 14.9 Å². The highest BCUT2D eigenvalue weighted by Gasteiger charge is 2.73. The highest BCUT2D eigenvalue weighted by molar-refractivity contribution is 6.33. The zero-order valence-corrected chi connectivity index (χ0v) is 15.9. The standard InChI is InChI=1S/C18H21Cl2NO4/c1-16(2,3)25-15(24)21-13(14(22)23)18-7-17(8-18,9-18)11-6-10(19)4-5-12(11)20/h4-6,13H,7-9H2,1-3H3,(H,21,24)(H,22,23). The number of carboxylic acids is 1. The van der Waals surface area contributed by atoms with Crippen molar-refractivity contribution in [3.8, 4) is 0 Å². The first kappa shape index (κ1) is 18.3. The van der Waals surface area contributed by atoms with Gasteiger partial charge in [-0.05, 0) is 69.2 Å². The number of carbonyl (C=O) groups excluding carboxylic acids is 1. The van der Waals surface area contributed by atoms with Crippen LogP contribution in [0.25, 0.3) is 0 Å². The van der Waals surface area contributed by atoms with E-state index in [4.69, 9.17) is 27.9 Å². The number of carbonyl (C=O) groups is 2. The van der Waals surface area contributed by atoms with E-state index in [-0.39, 0.29) is 5.41 Å². The van der Waals surface area contributed by atoms with Crippen molar-refractivity contribution in [3.05, 3.63) is 33.8 Å². The molecule has 3 aliphatic carbocycles. The Balaban J connectivity index is 1.72. The van der Waals surface area contributed by atoms with Gasteiger partial charge in [-0.15, -0.1) is 0 Å². The molecule has 0 spiro atoms. The van der Waals surface area contributed by atoms with Gasteiger partial charge < -0.3 is 15.2 Å². The average Bonchev–Trinajstić information content (AvgIpc) is 2.36. The molecule has 3 aliphatic rings. The second kappa shape index (κ2) is 5.78. The summed E-state index contributed by atoms with van der Waals surface area (Å²) in [6, 6.07) is 4.38. The van der Waals surface area contributed by atoms with Crippen LogP contribution in [0.15, 0.2) is 18.2 Å². The minimum Gasteiger partial charge on any atom is -0.480 e. The van der Waals surface area contributed by atoms with Gasteiger partial charge in [0.1, 0.15) is 11.6 Å². The van der Waals surface area contributed by atoms with Crippen LogP contribution in [0.2, 0.25) is 10.0 Å². The van der Waals surface area contributed by atoms with Gasteiger partial charge in [0.05, 0.1) is 0 Å².